The molecule has 7 heteroatoms. The summed E-state index contributed by atoms with van der Waals surface area (Å²) in [5.41, 5.74) is 6.41. The van der Waals surface area contributed by atoms with Gasteiger partial charge in [0, 0.05) is 17.8 Å². The van der Waals surface area contributed by atoms with Gasteiger partial charge in [-0.2, -0.15) is 0 Å². The summed E-state index contributed by atoms with van der Waals surface area (Å²) < 4.78 is 16.3. The van der Waals surface area contributed by atoms with E-state index in [-0.39, 0.29) is 5.91 Å². The van der Waals surface area contributed by atoms with Gasteiger partial charge in [-0.1, -0.05) is 18.5 Å². The fraction of sp³-hybridized carbons (Fsp3) is 0.316. The number of anilines is 1. The highest BCUT2D eigenvalue weighted by Gasteiger charge is 2.16. The molecule has 140 valence electrons. The van der Waals surface area contributed by atoms with Crippen molar-refractivity contribution < 1.29 is 19.0 Å². The van der Waals surface area contributed by atoms with E-state index in [9.17, 15) is 4.79 Å². The summed E-state index contributed by atoms with van der Waals surface area (Å²) in [6, 6.07) is 10.2. The number of benzene rings is 2. The minimum atomic E-state index is -0.303. The molecule has 0 atom stereocenters. The third kappa shape index (κ3) is 5.28. The van der Waals surface area contributed by atoms with Gasteiger partial charge < -0.3 is 25.3 Å². The first-order chi connectivity index (χ1) is 12.6. The first-order valence-electron chi connectivity index (χ1n) is 8.33. The first-order valence-corrected chi connectivity index (χ1v) is 8.71. The number of halogens is 1. The van der Waals surface area contributed by atoms with E-state index in [0.29, 0.717) is 53.3 Å². The summed E-state index contributed by atoms with van der Waals surface area (Å²) in [4.78, 5) is 12.5. The van der Waals surface area contributed by atoms with Gasteiger partial charge in [0.1, 0.15) is 12.4 Å². The maximum atomic E-state index is 12.5. The molecule has 0 bridgehead atoms. The zero-order chi connectivity index (χ0) is 18.9. The second-order valence-electron chi connectivity index (χ2n) is 5.45. The number of nitrogens with two attached hydrogens (primary N) is 1. The lowest BCUT2D eigenvalue weighted by atomic mass is 10.1. The maximum Gasteiger partial charge on any atom is 0.255 e. The molecule has 26 heavy (non-hydrogen) atoms. The lowest BCUT2D eigenvalue weighted by Crippen LogP contribution is -2.13. The van der Waals surface area contributed by atoms with Crippen LogP contribution in [0.1, 0.15) is 23.7 Å². The van der Waals surface area contributed by atoms with Crippen LogP contribution >= 0.6 is 11.6 Å². The van der Waals surface area contributed by atoms with E-state index in [1.165, 1.54) is 7.11 Å². The van der Waals surface area contributed by atoms with Crippen LogP contribution in [-0.4, -0.2) is 32.8 Å². The number of hydrogen-bond donors (Lipinski definition) is 2. The highest BCUT2D eigenvalue weighted by atomic mass is 35.5. The molecule has 0 saturated heterocycles. The van der Waals surface area contributed by atoms with Crippen molar-refractivity contribution >= 4 is 23.2 Å². The number of ether oxygens (including phenoxy) is 3. The van der Waals surface area contributed by atoms with Gasteiger partial charge in [-0.25, -0.2) is 0 Å². The second-order valence-corrected chi connectivity index (χ2v) is 5.86. The van der Waals surface area contributed by atoms with E-state index in [1.807, 2.05) is 6.92 Å². The van der Waals surface area contributed by atoms with Crippen molar-refractivity contribution in [1.29, 1.82) is 0 Å². The molecule has 2 rings (SSSR count). The van der Waals surface area contributed by atoms with Gasteiger partial charge in [-0.05, 0) is 42.8 Å². The molecule has 0 aromatic heterocycles. The molecule has 0 spiro atoms. The molecule has 3 N–H and O–H groups in total. The highest BCUT2D eigenvalue weighted by molar-refractivity contribution is 6.32. The van der Waals surface area contributed by atoms with Crippen LogP contribution in [0.2, 0.25) is 5.02 Å². The van der Waals surface area contributed by atoms with E-state index >= 15 is 0 Å². The zero-order valence-corrected chi connectivity index (χ0v) is 15.6. The highest BCUT2D eigenvalue weighted by Crippen LogP contribution is 2.36. The molecule has 2 aromatic carbocycles. The molecule has 0 saturated carbocycles. The van der Waals surface area contributed by atoms with Gasteiger partial charge in [0.05, 0.1) is 18.7 Å². The number of carbonyl (C=O) groups excluding carboxylic acids is 1. The SMILES string of the molecule is CCCOc1c(Cl)cc(C(=O)Nc2ccc(OCCN)cc2)cc1OC. The topological polar surface area (TPSA) is 82.8 Å². The number of rotatable bonds is 9. The van der Waals surface area contributed by atoms with E-state index in [1.54, 1.807) is 36.4 Å². The van der Waals surface area contributed by atoms with Crippen LogP contribution in [-0.2, 0) is 0 Å². The maximum absolute atomic E-state index is 12.5. The van der Waals surface area contributed by atoms with Crippen LogP contribution in [0.15, 0.2) is 36.4 Å². The van der Waals surface area contributed by atoms with Crippen LogP contribution < -0.4 is 25.3 Å². The Morgan fingerprint density at radius 2 is 1.88 bits per heavy atom. The van der Waals surface area contributed by atoms with Gasteiger partial charge in [-0.3, -0.25) is 4.79 Å². The molecule has 2 aromatic rings. The number of methoxy groups -OCH3 is 1. The predicted octanol–water partition coefficient (Wildman–Crippen LogP) is 3.73. The van der Waals surface area contributed by atoms with Gasteiger partial charge >= 0.3 is 0 Å². The average molecular weight is 379 g/mol. The number of hydrogen-bond acceptors (Lipinski definition) is 5. The van der Waals surface area contributed by atoms with Gasteiger partial charge in [0.25, 0.3) is 5.91 Å². The largest absolute Gasteiger partial charge is 0.493 e. The van der Waals surface area contributed by atoms with Crippen LogP contribution in [0.5, 0.6) is 17.2 Å². The molecule has 0 radical (unpaired) electrons. The summed E-state index contributed by atoms with van der Waals surface area (Å²) in [6.07, 6.45) is 0.840. The van der Waals surface area contributed by atoms with Gasteiger partial charge in [0.2, 0.25) is 0 Å². The normalized spacial score (nSPS) is 10.3. The van der Waals surface area contributed by atoms with E-state index in [4.69, 9.17) is 31.5 Å². The molecular formula is C19H23ClN2O4. The number of carbonyl (C=O) groups is 1. The molecule has 0 aliphatic rings. The standard InChI is InChI=1S/C19H23ClN2O4/c1-3-9-26-18-16(20)11-13(12-17(18)24-2)19(23)22-14-4-6-15(7-5-14)25-10-8-21/h4-7,11-12H,3,8-10,21H2,1-2H3,(H,22,23). The molecule has 1 amide bonds. The lowest BCUT2D eigenvalue weighted by molar-refractivity contribution is 0.102. The smallest absolute Gasteiger partial charge is 0.255 e. The van der Waals surface area contributed by atoms with Gasteiger partial charge in [-0.15, -0.1) is 0 Å². The molecule has 0 aliphatic carbocycles. The third-order valence-corrected chi connectivity index (χ3v) is 3.72. The van der Waals surface area contributed by atoms with Crippen LogP contribution in [0.3, 0.4) is 0 Å². The summed E-state index contributed by atoms with van der Waals surface area (Å²) in [5.74, 6) is 1.24. The number of amides is 1. The van der Waals surface area contributed by atoms with Crippen molar-refractivity contribution in [3.8, 4) is 17.2 Å². The molecule has 0 aliphatic heterocycles. The Morgan fingerprint density at radius 1 is 1.15 bits per heavy atom. The second kappa shape index (κ2) is 9.89. The Kier molecular flexibility index (Phi) is 7.56. The van der Waals surface area contributed by atoms with Crippen molar-refractivity contribution in [1.82, 2.24) is 0 Å². The Hall–Kier alpha value is -2.44. The van der Waals surface area contributed by atoms with Crippen molar-refractivity contribution in [3.63, 3.8) is 0 Å². The Morgan fingerprint density at radius 3 is 2.50 bits per heavy atom. The summed E-state index contributed by atoms with van der Waals surface area (Å²) in [7, 11) is 1.51. The fourth-order valence-corrected chi connectivity index (χ4v) is 2.47. The van der Waals surface area contributed by atoms with Crippen molar-refractivity contribution in [2.75, 3.05) is 32.2 Å². The first kappa shape index (κ1) is 19.9. The molecule has 6 nitrogen and oxygen atoms in total. The minimum absolute atomic E-state index is 0.303. The summed E-state index contributed by atoms with van der Waals surface area (Å²) in [6.45, 7) is 3.39. The Balaban J connectivity index is 2.12. The molecular weight excluding hydrogens is 356 g/mol. The van der Waals surface area contributed by atoms with Gasteiger partial charge in [0.15, 0.2) is 11.5 Å². The van der Waals surface area contributed by atoms with E-state index in [0.717, 1.165) is 6.42 Å². The van der Waals surface area contributed by atoms with E-state index in [2.05, 4.69) is 5.32 Å². The van der Waals surface area contributed by atoms with Crippen molar-refractivity contribution in [2.24, 2.45) is 5.73 Å². The molecule has 0 unspecified atom stereocenters. The zero-order valence-electron chi connectivity index (χ0n) is 14.9. The monoisotopic (exact) mass is 378 g/mol. The Labute approximate surface area is 158 Å². The summed E-state index contributed by atoms with van der Waals surface area (Å²) in [5, 5.41) is 3.14. The van der Waals surface area contributed by atoms with Crippen molar-refractivity contribution in [2.45, 2.75) is 13.3 Å². The average Bonchev–Trinajstić information content (AvgIpc) is 2.65. The quantitative estimate of drug-likeness (QED) is 0.694. The van der Waals surface area contributed by atoms with E-state index < -0.39 is 0 Å². The molecule has 0 heterocycles. The number of nitrogens with one attached hydrogen (secondary N) is 1. The predicted molar refractivity (Wildman–Crippen MR) is 103 cm³/mol. The van der Waals surface area contributed by atoms with Crippen LogP contribution in [0.25, 0.3) is 0 Å². The van der Waals surface area contributed by atoms with Crippen LogP contribution in [0.4, 0.5) is 5.69 Å². The summed E-state index contributed by atoms with van der Waals surface area (Å²) >= 11 is 6.25. The minimum Gasteiger partial charge on any atom is -0.493 e. The molecule has 0 fully saturated rings. The van der Waals surface area contributed by atoms with Crippen LogP contribution in [0, 0.1) is 0 Å². The lowest BCUT2D eigenvalue weighted by Gasteiger charge is -2.14. The van der Waals surface area contributed by atoms with Crippen molar-refractivity contribution in [3.05, 3.63) is 47.0 Å². The third-order valence-electron chi connectivity index (χ3n) is 3.44. The Bertz CT molecular complexity index is 735. The fourth-order valence-electron chi connectivity index (χ4n) is 2.21.